The number of benzene rings is 1. The fourth-order valence-electron chi connectivity index (χ4n) is 2.43. The molecule has 0 fully saturated rings. The molecule has 0 spiro atoms. The third-order valence-corrected chi connectivity index (χ3v) is 4.99. The van der Waals surface area contributed by atoms with Crippen LogP contribution in [0.1, 0.15) is 10.4 Å². The molecule has 8 heteroatoms. The molecular weight excluding hydrogens is 374 g/mol. The predicted molar refractivity (Wildman–Crippen MR) is 107 cm³/mol. The van der Waals surface area contributed by atoms with E-state index in [0.717, 1.165) is 28.8 Å². The molecule has 0 bridgehead atoms. The number of thiophene rings is 1. The van der Waals surface area contributed by atoms with E-state index >= 15 is 0 Å². The zero-order valence-electron chi connectivity index (χ0n) is 15.4. The molecule has 0 amide bonds. The molecule has 0 aliphatic rings. The Labute approximate surface area is 163 Å². The van der Waals surface area contributed by atoms with Crippen LogP contribution in [0.5, 0.6) is 17.2 Å². The lowest BCUT2D eigenvalue weighted by Gasteiger charge is -2.15. The highest BCUT2D eigenvalue weighted by molar-refractivity contribution is 7.16. The van der Waals surface area contributed by atoms with Crippen molar-refractivity contribution in [2.45, 2.75) is 13.0 Å². The first-order valence-corrected chi connectivity index (χ1v) is 9.28. The monoisotopic (exact) mass is 397 g/mol. The Bertz CT molecular complexity index is 724. The number of rotatable bonds is 8. The van der Waals surface area contributed by atoms with E-state index in [1.807, 2.05) is 24.3 Å². The van der Waals surface area contributed by atoms with E-state index in [9.17, 15) is 0 Å². The zero-order valence-corrected chi connectivity index (χ0v) is 17.0. The van der Waals surface area contributed by atoms with Crippen LogP contribution in [-0.4, -0.2) is 40.9 Å². The maximum atomic E-state index is 5.95. The van der Waals surface area contributed by atoms with Crippen LogP contribution in [0.15, 0.2) is 29.3 Å². The second-order valence-corrected chi connectivity index (χ2v) is 7.14. The predicted octanol–water partition coefficient (Wildman–Crippen LogP) is 3.34. The van der Waals surface area contributed by atoms with Gasteiger partial charge in [-0.15, -0.1) is 11.3 Å². The third-order valence-electron chi connectivity index (χ3n) is 3.70. The molecule has 0 aliphatic heterocycles. The molecule has 1 aromatic heterocycles. The molecule has 2 aromatic rings. The lowest BCUT2D eigenvalue weighted by atomic mass is 10.2. The van der Waals surface area contributed by atoms with Crippen molar-refractivity contribution in [3.05, 3.63) is 39.0 Å². The van der Waals surface area contributed by atoms with Gasteiger partial charge in [-0.1, -0.05) is 11.6 Å². The highest BCUT2D eigenvalue weighted by Crippen LogP contribution is 2.38. The first kappa shape index (κ1) is 20.2. The molecule has 6 nitrogen and oxygen atoms in total. The maximum absolute atomic E-state index is 5.95. The standard InChI is InChI=1S/C18H24ClN3O3S/c1-20-18(21-8-7-13-5-6-16(19)26-13)22-11-12-9-14(23-2)17(25-4)15(10-12)24-3/h5-6,9-10H,7-8,11H2,1-4H3,(H2,20,21,22). The van der Waals surface area contributed by atoms with Gasteiger partial charge < -0.3 is 24.8 Å². The fourth-order valence-corrected chi connectivity index (χ4v) is 3.52. The number of ether oxygens (including phenoxy) is 3. The summed E-state index contributed by atoms with van der Waals surface area (Å²) in [5, 5.41) is 6.57. The summed E-state index contributed by atoms with van der Waals surface area (Å²) in [5.74, 6) is 2.56. The van der Waals surface area contributed by atoms with Gasteiger partial charge in [-0.05, 0) is 36.2 Å². The zero-order chi connectivity index (χ0) is 18.9. The summed E-state index contributed by atoms with van der Waals surface area (Å²) >= 11 is 7.54. The molecule has 0 unspecified atom stereocenters. The highest BCUT2D eigenvalue weighted by Gasteiger charge is 2.13. The van der Waals surface area contributed by atoms with Crippen LogP contribution in [-0.2, 0) is 13.0 Å². The molecule has 2 N–H and O–H groups in total. The number of nitrogens with one attached hydrogen (secondary N) is 2. The topological polar surface area (TPSA) is 64.1 Å². The van der Waals surface area contributed by atoms with Gasteiger partial charge in [0.1, 0.15) is 0 Å². The highest BCUT2D eigenvalue weighted by atomic mass is 35.5. The van der Waals surface area contributed by atoms with Gasteiger partial charge in [0.2, 0.25) is 5.75 Å². The van der Waals surface area contributed by atoms with Crippen LogP contribution in [0.4, 0.5) is 0 Å². The Kier molecular flexibility index (Phi) is 7.87. The van der Waals surface area contributed by atoms with Gasteiger partial charge in [0.25, 0.3) is 0 Å². The Morgan fingerprint density at radius 3 is 2.27 bits per heavy atom. The Balaban J connectivity index is 1.93. The molecule has 0 atom stereocenters. The average molecular weight is 398 g/mol. The third kappa shape index (κ3) is 5.44. The first-order valence-electron chi connectivity index (χ1n) is 8.08. The lowest BCUT2D eigenvalue weighted by molar-refractivity contribution is 0.323. The Morgan fingerprint density at radius 2 is 1.77 bits per heavy atom. The molecule has 2 rings (SSSR count). The van der Waals surface area contributed by atoms with Crippen LogP contribution < -0.4 is 24.8 Å². The minimum absolute atomic E-state index is 0.571. The van der Waals surface area contributed by atoms with Crippen LogP contribution in [0, 0.1) is 0 Å². The van der Waals surface area contributed by atoms with Crippen LogP contribution in [0.2, 0.25) is 4.34 Å². The van der Waals surface area contributed by atoms with Crippen LogP contribution in [0.3, 0.4) is 0 Å². The van der Waals surface area contributed by atoms with Gasteiger partial charge in [0.15, 0.2) is 17.5 Å². The SMILES string of the molecule is CN=C(NCCc1ccc(Cl)s1)NCc1cc(OC)c(OC)c(OC)c1. The number of aliphatic imine (C=N–C) groups is 1. The fraction of sp³-hybridized carbons (Fsp3) is 0.389. The molecule has 26 heavy (non-hydrogen) atoms. The van der Waals surface area contributed by atoms with Gasteiger partial charge in [0.05, 0.1) is 25.7 Å². The minimum atomic E-state index is 0.571. The molecular formula is C18H24ClN3O3S. The van der Waals surface area contributed by atoms with Crippen LogP contribution >= 0.6 is 22.9 Å². The van der Waals surface area contributed by atoms with E-state index in [4.69, 9.17) is 25.8 Å². The van der Waals surface area contributed by atoms with Crippen LogP contribution in [0.25, 0.3) is 0 Å². The summed E-state index contributed by atoms with van der Waals surface area (Å²) in [6, 6.07) is 7.78. The van der Waals surface area contributed by atoms with E-state index in [1.165, 1.54) is 4.88 Å². The van der Waals surface area contributed by atoms with Crippen molar-refractivity contribution in [1.29, 1.82) is 0 Å². The van der Waals surface area contributed by atoms with Gasteiger partial charge in [-0.25, -0.2) is 0 Å². The molecule has 0 saturated heterocycles. The number of halogens is 1. The summed E-state index contributed by atoms with van der Waals surface area (Å²) in [7, 11) is 6.54. The van der Waals surface area contributed by atoms with E-state index in [2.05, 4.69) is 15.6 Å². The maximum Gasteiger partial charge on any atom is 0.203 e. The molecule has 0 radical (unpaired) electrons. The summed E-state index contributed by atoms with van der Waals surface area (Å²) in [5.41, 5.74) is 0.993. The first-order chi connectivity index (χ1) is 12.6. The number of hydrogen-bond acceptors (Lipinski definition) is 5. The van der Waals surface area contributed by atoms with Crippen molar-refractivity contribution in [2.24, 2.45) is 4.99 Å². The number of hydrogen-bond donors (Lipinski definition) is 2. The van der Waals surface area contributed by atoms with Crippen molar-refractivity contribution in [1.82, 2.24) is 10.6 Å². The van der Waals surface area contributed by atoms with Gasteiger partial charge in [0, 0.05) is 25.0 Å². The van der Waals surface area contributed by atoms with Crippen molar-refractivity contribution in [3.8, 4) is 17.2 Å². The summed E-state index contributed by atoms with van der Waals surface area (Å²) in [4.78, 5) is 5.48. The number of methoxy groups -OCH3 is 3. The van der Waals surface area contributed by atoms with E-state index in [-0.39, 0.29) is 0 Å². The molecule has 1 aromatic carbocycles. The smallest absolute Gasteiger partial charge is 0.203 e. The van der Waals surface area contributed by atoms with E-state index in [1.54, 1.807) is 39.7 Å². The summed E-state index contributed by atoms with van der Waals surface area (Å²) in [6.07, 6.45) is 0.891. The second kappa shape index (κ2) is 10.1. The van der Waals surface area contributed by atoms with Crippen molar-refractivity contribution in [3.63, 3.8) is 0 Å². The molecule has 142 valence electrons. The van der Waals surface area contributed by atoms with Gasteiger partial charge in [-0.2, -0.15) is 0 Å². The lowest BCUT2D eigenvalue weighted by Crippen LogP contribution is -2.37. The molecule has 0 aliphatic carbocycles. The van der Waals surface area contributed by atoms with Gasteiger partial charge >= 0.3 is 0 Å². The molecule has 0 saturated carbocycles. The number of guanidine groups is 1. The Hall–Kier alpha value is -2.12. The van der Waals surface area contributed by atoms with E-state index in [0.29, 0.717) is 23.8 Å². The van der Waals surface area contributed by atoms with Crippen molar-refractivity contribution in [2.75, 3.05) is 34.9 Å². The summed E-state index contributed by atoms with van der Waals surface area (Å²) in [6.45, 7) is 1.34. The largest absolute Gasteiger partial charge is 0.493 e. The minimum Gasteiger partial charge on any atom is -0.493 e. The van der Waals surface area contributed by atoms with Crippen molar-refractivity contribution >= 4 is 28.9 Å². The normalized spacial score (nSPS) is 11.2. The second-order valence-electron chi connectivity index (χ2n) is 5.34. The summed E-state index contributed by atoms with van der Waals surface area (Å²) < 4.78 is 16.9. The molecule has 1 heterocycles. The number of nitrogens with zero attached hydrogens (tertiary/aromatic N) is 1. The quantitative estimate of drug-likeness (QED) is 0.528. The van der Waals surface area contributed by atoms with Crippen molar-refractivity contribution < 1.29 is 14.2 Å². The van der Waals surface area contributed by atoms with E-state index < -0.39 is 0 Å². The van der Waals surface area contributed by atoms with Gasteiger partial charge in [-0.3, -0.25) is 4.99 Å². The average Bonchev–Trinajstić information content (AvgIpc) is 3.08. The Morgan fingerprint density at radius 1 is 1.08 bits per heavy atom.